The van der Waals surface area contributed by atoms with Gasteiger partial charge in [-0.05, 0) is 30.6 Å². The van der Waals surface area contributed by atoms with Crippen LogP contribution in [0.25, 0.3) is 0 Å². The Morgan fingerprint density at radius 2 is 1.86 bits per heavy atom. The van der Waals surface area contributed by atoms with Gasteiger partial charge in [-0.2, -0.15) is 5.06 Å². The number of hydroxylamine groups is 2. The summed E-state index contributed by atoms with van der Waals surface area (Å²) in [6.07, 6.45) is 0.417. The van der Waals surface area contributed by atoms with Crippen LogP contribution in [-0.2, 0) is 25.3 Å². The summed E-state index contributed by atoms with van der Waals surface area (Å²) in [5.41, 5.74) is 0.137. The summed E-state index contributed by atoms with van der Waals surface area (Å²) in [5.74, 6) is 0. The smallest absolute Gasteiger partial charge is 0.330 e. The van der Waals surface area contributed by atoms with E-state index in [2.05, 4.69) is 38.8 Å². The fraction of sp³-hybridized carbons (Fsp3) is 0.600. The summed E-state index contributed by atoms with van der Waals surface area (Å²) in [6.45, 7) is 13.9. The van der Waals surface area contributed by atoms with Crippen molar-refractivity contribution in [2.75, 3.05) is 6.61 Å². The van der Waals surface area contributed by atoms with E-state index >= 15 is 0 Å². The average Bonchev–Trinajstić information content (AvgIpc) is 3.18. The highest BCUT2D eigenvalue weighted by Gasteiger charge is 2.49. The van der Waals surface area contributed by atoms with Gasteiger partial charge in [0, 0.05) is 25.2 Å². The zero-order valence-electron chi connectivity index (χ0n) is 21.4. The molecule has 4 rings (SSSR count). The lowest BCUT2D eigenvalue weighted by molar-refractivity contribution is -0.274. The molecule has 35 heavy (non-hydrogen) atoms. The van der Waals surface area contributed by atoms with E-state index in [1.165, 1.54) is 16.8 Å². The molecule has 0 spiro atoms. The molecule has 1 aromatic heterocycles. The third kappa shape index (κ3) is 5.84. The van der Waals surface area contributed by atoms with Crippen LogP contribution in [0.15, 0.2) is 52.2 Å². The monoisotopic (exact) mass is 503 g/mol. The van der Waals surface area contributed by atoms with Crippen LogP contribution in [0.4, 0.5) is 0 Å². The molecule has 2 aliphatic heterocycles. The van der Waals surface area contributed by atoms with Gasteiger partial charge in [-0.15, -0.1) is 0 Å². The van der Waals surface area contributed by atoms with E-state index in [4.69, 9.17) is 18.7 Å². The standard InChI is InChI=1S/C25H37N3O6Si/c1-17-31-16-20(34-35(5,6)25(2,3)4)23(32-17)19-14-22(27-13-12-21(29)26-24(27)30)33-28(19)15-18-10-8-7-9-11-18/h7-13,17,19-20,22-23H,14-16H2,1-6H3,(H,26,29,30)/t17-,19+,20+,22-,23+/m0/s1. The van der Waals surface area contributed by atoms with Crippen LogP contribution in [-0.4, -0.2) is 54.1 Å². The summed E-state index contributed by atoms with van der Waals surface area (Å²) >= 11 is 0. The fourth-order valence-corrected chi connectivity index (χ4v) is 5.62. The normalized spacial score (nSPS) is 28.3. The van der Waals surface area contributed by atoms with Crippen LogP contribution in [0.5, 0.6) is 0 Å². The summed E-state index contributed by atoms with van der Waals surface area (Å²) in [4.78, 5) is 32.8. The first kappa shape index (κ1) is 26.0. The van der Waals surface area contributed by atoms with Gasteiger partial charge in [0.2, 0.25) is 0 Å². The fourth-order valence-electron chi connectivity index (χ4n) is 4.30. The van der Waals surface area contributed by atoms with Crippen LogP contribution < -0.4 is 11.2 Å². The van der Waals surface area contributed by atoms with Gasteiger partial charge in [0.1, 0.15) is 6.10 Å². The quantitative estimate of drug-likeness (QED) is 0.604. The number of aromatic nitrogens is 2. The second kappa shape index (κ2) is 10.1. The summed E-state index contributed by atoms with van der Waals surface area (Å²) in [7, 11) is -2.11. The van der Waals surface area contributed by atoms with Crippen molar-refractivity contribution >= 4 is 8.32 Å². The number of ether oxygens (including phenoxy) is 2. The molecular weight excluding hydrogens is 466 g/mol. The van der Waals surface area contributed by atoms with Crippen LogP contribution in [0.3, 0.4) is 0 Å². The Bertz CT molecular complexity index is 1110. The predicted octanol–water partition coefficient (Wildman–Crippen LogP) is 3.39. The number of rotatable bonds is 6. The molecule has 1 aromatic carbocycles. The Hall–Kier alpha value is -2.08. The van der Waals surface area contributed by atoms with E-state index in [1.54, 1.807) is 0 Å². The maximum atomic E-state index is 12.5. The molecule has 2 aromatic rings. The zero-order valence-corrected chi connectivity index (χ0v) is 22.4. The van der Waals surface area contributed by atoms with Crippen LogP contribution in [0.1, 0.15) is 45.9 Å². The first-order valence-electron chi connectivity index (χ1n) is 12.2. The van der Waals surface area contributed by atoms with Crippen LogP contribution in [0, 0.1) is 0 Å². The third-order valence-corrected chi connectivity index (χ3v) is 11.8. The van der Waals surface area contributed by atoms with Crippen molar-refractivity contribution in [3.8, 4) is 0 Å². The predicted molar refractivity (Wildman–Crippen MR) is 134 cm³/mol. The lowest BCUT2D eigenvalue weighted by Gasteiger charge is -2.45. The Balaban J connectivity index is 1.66. The molecule has 192 valence electrons. The summed E-state index contributed by atoms with van der Waals surface area (Å²) in [6, 6.07) is 11.2. The molecule has 2 aliphatic rings. The van der Waals surface area contributed by atoms with Gasteiger partial charge in [0.05, 0.1) is 18.8 Å². The number of H-pyrrole nitrogens is 1. The highest BCUT2D eigenvalue weighted by molar-refractivity contribution is 6.74. The minimum atomic E-state index is -2.11. The molecule has 2 fully saturated rings. The molecule has 0 amide bonds. The molecule has 0 saturated carbocycles. The van der Waals surface area contributed by atoms with Gasteiger partial charge in [0.25, 0.3) is 5.56 Å². The minimum absolute atomic E-state index is 0.0300. The molecule has 5 atom stereocenters. The van der Waals surface area contributed by atoms with Gasteiger partial charge < -0.3 is 13.9 Å². The van der Waals surface area contributed by atoms with Crippen molar-refractivity contribution in [1.29, 1.82) is 0 Å². The topological polar surface area (TPSA) is 95.0 Å². The number of nitrogens with zero attached hydrogens (tertiary/aromatic N) is 2. The van der Waals surface area contributed by atoms with E-state index < -0.39 is 25.8 Å². The van der Waals surface area contributed by atoms with Crippen molar-refractivity contribution in [3.63, 3.8) is 0 Å². The largest absolute Gasteiger partial charge is 0.409 e. The molecule has 10 heteroatoms. The molecule has 0 bridgehead atoms. The minimum Gasteiger partial charge on any atom is -0.409 e. The summed E-state index contributed by atoms with van der Waals surface area (Å²) in [5, 5.41) is 1.92. The van der Waals surface area contributed by atoms with Gasteiger partial charge in [-0.25, -0.2) is 4.79 Å². The second-order valence-corrected chi connectivity index (χ2v) is 15.6. The van der Waals surface area contributed by atoms with E-state index in [0.717, 1.165) is 5.56 Å². The number of hydrogen-bond acceptors (Lipinski definition) is 7. The van der Waals surface area contributed by atoms with Crippen molar-refractivity contribution in [1.82, 2.24) is 14.6 Å². The van der Waals surface area contributed by atoms with E-state index in [-0.39, 0.29) is 29.6 Å². The zero-order chi connectivity index (χ0) is 25.4. The molecule has 2 saturated heterocycles. The van der Waals surface area contributed by atoms with Crippen molar-refractivity contribution in [2.45, 2.75) is 89.6 Å². The Morgan fingerprint density at radius 3 is 2.51 bits per heavy atom. The first-order valence-corrected chi connectivity index (χ1v) is 15.1. The van der Waals surface area contributed by atoms with Gasteiger partial charge in [0.15, 0.2) is 20.8 Å². The Labute approximate surface area is 207 Å². The third-order valence-electron chi connectivity index (χ3n) is 7.25. The van der Waals surface area contributed by atoms with Crippen molar-refractivity contribution < 1.29 is 18.7 Å². The van der Waals surface area contributed by atoms with Gasteiger partial charge in [-0.3, -0.25) is 19.2 Å². The molecule has 0 radical (unpaired) electrons. The Kier molecular flexibility index (Phi) is 7.51. The lowest BCUT2D eigenvalue weighted by Crippen LogP contribution is -2.57. The van der Waals surface area contributed by atoms with E-state index in [9.17, 15) is 9.59 Å². The van der Waals surface area contributed by atoms with E-state index in [1.807, 2.05) is 42.3 Å². The number of benzene rings is 1. The molecule has 3 heterocycles. The first-order chi connectivity index (χ1) is 16.4. The molecule has 1 N–H and O–H groups in total. The van der Waals surface area contributed by atoms with Crippen molar-refractivity contribution in [2.24, 2.45) is 0 Å². The van der Waals surface area contributed by atoms with Crippen molar-refractivity contribution in [3.05, 3.63) is 69.0 Å². The van der Waals surface area contributed by atoms with Crippen LogP contribution in [0.2, 0.25) is 18.1 Å². The Morgan fingerprint density at radius 1 is 1.14 bits per heavy atom. The average molecular weight is 504 g/mol. The molecular formula is C25H37N3O6Si. The van der Waals surface area contributed by atoms with Gasteiger partial charge in [-0.1, -0.05) is 51.1 Å². The maximum absolute atomic E-state index is 12.5. The summed E-state index contributed by atoms with van der Waals surface area (Å²) < 4.78 is 20.4. The molecule has 0 aliphatic carbocycles. The lowest BCUT2D eigenvalue weighted by atomic mass is 10.0. The van der Waals surface area contributed by atoms with E-state index in [0.29, 0.717) is 19.6 Å². The number of hydrogen-bond donors (Lipinski definition) is 1. The second-order valence-electron chi connectivity index (χ2n) is 10.9. The number of nitrogens with one attached hydrogen (secondary N) is 1. The highest BCUT2D eigenvalue weighted by atomic mass is 28.4. The molecule has 9 nitrogen and oxygen atoms in total. The van der Waals surface area contributed by atoms with Crippen LogP contribution >= 0.6 is 0 Å². The SMILES string of the molecule is C[C@H]1OC[C@@H](O[Si](C)(C)C(C)(C)C)[C@@H]([C@H]2C[C@@H](n3ccc(=O)[nH]c3=O)ON2Cc2ccccc2)O1. The molecule has 0 unspecified atom stereocenters. The maximum Gasteiger partial charge on any atom is 0.330 e. The highest BCUT2D eigenvalue weighted by Crippen LogP contribution is 2.41. The van der Waals surface area contributed by atoms with Gasteiger partial charge >= 0.3 is 5.69 Å². The number of aromatic amines is 1.